The SMILES string of the molecule is COCCCNC(=O)c1cc(NC(=O)c2ccccc2C)ccc1N(C)C. The van der Waals surface area contributed by atoms with Crippen molar-refractivity contribution in [2.24, 2.45) is 0 Å². The Bertz CT molecular complexity index is 803. The monoisotopic (exact) mass is 369 g/mol. The number of nitrogens with zero attached hydrogens (tertiary/aromatic N) is 1. The molecule has 2 rings (SSSR count). The maximum absolute atomic E-state index is 12.6. The average Bonchev–Trinajstić information content (AvgIpc) is 2.65. The van der Waals surface area contributed by atoms with Crippen LogP contribution in [0.4, 0.5) is 11.4 Å². The standard InChI is InChI=1S/C21H27N3O3/c1-15-8-5-6-9-17(15)21(26)23-16-10-11-19(24(2)3)18(14-16)20(25)22-12-7-13-27-4/h5-6,8-11,14H,7,12-13H2,1-4H3,(H,22,25)(H,23,26). The molecule has 6 heteroatoms. The van der Waals surface area contributed by atoms with Gasteiger partial charge in [-0.05, 0) is 43.2 Å². The highest BCUT2D eigenvalue weighted by Crippen LogP contribution is 2.23. The fourth-order valence-corrected chi connectivity index (χ4v) is 2.73. The Morgan fingerprint density at radius 3 is 2.44 bits per heavy atom. The third-order valence-electron chi connectivity index (χ3n) is 4.18. The lowest BCUT2D eigenvalue weighted by Crippen LogP contribution is -2.27. The van der Waals surface area contributed by atoms with Gasteiger partial charge in [-0.25, -0.2) is 0 Å². The number of hydrogen-bond donors (Lipinski definition) is 2. The van der Waals surface area contributed by atoms with E-state index in [1.165, 1.54) is 0 Å². The van der Waals surface area contributed by atoms with Gasteiger partial charge in [0.25, 0.3) is 11.8 Å². The fraction of sp³-hybridized carbons (Fsp3) is 0.333. The first kappa shape index (κ1) is 20.5. The summed E-state index contributed by atoms with van der Waals surface area (Å²) in [6.45, 7) is 3.01. The lowest BCUT2D eigenvalue weighted by molar-refractivity contribution is 0.0947. The Kier molecular flexibility index (Phi) is 7.37. The first-order chi connectivity index (χ1) is 12.9. The number of aryl methyl sites for hydroxylation is 1. The van der Waals surface area contributed by atoms with Gasteiger partial charge in [-0.15, -0.1) is 0 Å². The molecule has 0 aromatic heterocycles. The molecule has 0 aliphatic carbocycles. The quantitative estimate of drug-likeness (QED) is 0.702. The molecule has 0 atom stereocenters. The second-order valence-corrected chi connectivity index (χ2v) is 6.50. The highest BCUT2D eigenvalue weighted by molar-refractivity contribution is 6.07. The van der Waals surface area contributed by atoms with Crippen molar-refractivity contribution in [2.75, 3.05) is 44.6 Å². The zero-order valence-electron chi connectivity index (χ0n) is 16.3. The minimum atomic E-state index is -0.197. The van der Waals surface area contributed by atoms with Crippen LogP contribution in [0, 0.1) is 6.92 Å². The number of hydrogen-bond acceptors (Lipinski definition) is 4. The number of carbonyl (C=O) groups excluding carboxylic acids is 2. The molecule has 0 heterocycles. The number of anilines is 2. The van der Waals surface area contributed by atoms with E-state index in [0.717, 1.165) is 17.7 Å². The van der Waals surface area contributed by atoms with E-state index in [2.05, 4.69) is 10.6 Å². The van der Waals surface area contributed by atoms with E-state index in [1.54, 1.807) is 25.3 Å². The number of ether oxygens (including phenoxy) is 1. The summed E-state index contributed by atoms with van der Waals surface area (Å²) in [5.74, 6) is -0.376. The van der Waals surface area contributed by atoms with Gasteiger partial charge >= 0.3 is 0 Å². The van der Waals surface area contributed by atoms with E-state index < -0.39 is 0 Å². The van der Waals surface area contributed by atoms with Gasteiger partial charge < -0.3 is 20.3 Å². The number of methoxy groups -OCH3 is 1. The van der Waals surface area contributed by atoms with Crippen molar-refractivity contribution in [2.45, 2.75) is 13.3 Å². The van der Waals surface area contributed by atoms with Gasteiger partial charge in [-0.3, -0.25) is 9.59 Å². The Morgan fingerprint density at radius 1 is 1.04 bits per heavy atom. The maximum Gasteiger partial charge on any atom is 0.255 e. The van der Waals surface area contributed by atoms with Crippen LogP contribution in [-0.2, 0) is 4.74 Å². The minimum absolute atomic E-state index is 0.179. The molecule has 2 aromatic rings. The minimum Gasteiger partial charge on any atom is -0.385 e. The molecule has 0 saturated carbocycles. The summed E-state index contributed by atoms with van der Waals surface area (Å²) in [6, 6.07) is 12.7. The van der Waals surface area contributed by atoms with Crippen LogP contribution in [0.2, 0.25) is 0 Å². The molecular weight excluding hydrogens is 342 g/mol. The zero-order valence-corrected chi connectivity index (χ0v) is 16.3. The Balaban J connectivity index is 2.20. The summed E-state index contributed by atoms with van der Waals surface area (Å²) in [4.78, 5) is 27.0. The summed E-state index contributed by atoms with van der Waals surface area (Å²) in [6.07, 6.45) is 0.739. The van der Waals surface area contributed by atoms with Gasteiger partial charge in [-0.1, -0.05) is 18.2 Å². The summed E-state index contributed by atoms with van der Waals surface area (Å²) < 4.78 is 5.00. The van der Waals surface area contributed by atoms with Crippen molar-refractivity contribution >= 4 is 23.2 Å². The molecule has 0 bridgehead atoms. The van der Waals surface area contributed by atoms with Crippen LogP contribution in [0.5, 0.6) is 0 Å². The van der Waals surface area contributed by atoms with Crippen molar-refractivity contribution in [1.29, 1.82) is 0 Å². The maximum atomic E-state index is 12.6. The molecule has 0 radical (unpaired) electrons. The number of amides is 2. The van der Waals surface area contributed by atoms with E-state index >= 15 is 0 Å². The van der Waals surface area contributed by atoms with E-state index in [9.17, 15) is 9.59 Å². The molecule has 144 valence electrons. The highest BCUT2D eigenvalue weighted by atomic mass is 16.5. The van der Waals surface area contributed by atoms with Crippen molar-refractivity contribution in [3.8, 4) is 0 Å². The van der Waals surface area contributed by atoms with Crippen LogP contribution < -0.4 is 15.5 Å². The smallest absolute Gasteiger partial charge is 0.255 e. The summed E-state index contributed by atoms with van der Waals surface area (Å²) in [7, 11) is 5.39. The van der Waals surface area contributed by atoms with E-state index in [0.29, 0.717) is 30.0 Å². The molecule has 2 amide bonds. The second kappa shape index (κ2) is 9.73. The normalized spacial score (nSPS) is 10.4. The molecule has 0 saturated heterocycles. The molecule has 0 spiro atoms. The predicted octanol–water partition coefficient (Wildman–Crippen LogP) is 3.08. The van der Waals surface area contributed by atoms with Gasteiger partial charge in [0.1, 0.15) is 0 Å². The summed E-state index contributed by atoms with van der Waals surface area (Å²) in [5.41, 5.74) is 3.39. The Hall–Kier alpha value is -2.86. The molecule has 0 aliphatic heterocycles. The van der Waals surface area contributed by atoms with Gasteiger partial charge in [0.05, 0.1) is 5.56 Å². The third kappa shape index (κ3) is 5.56. The topological polar surface area (TPSA) is 70.7 Å². The first-order valence-corrected chi connectivity index (χ1v) is 8.89. The number of rotatable bonds is 8. The van der Waals surface area contributed by atoms with Crippen molar-refractivity contribution in [3.05, 3.63) is 59.2 Å². The van der Waals surface area contributed by atoms with Crippen LogP contribution in [0.3, 0.4) is 0 Å². The predicted molar refractivity (Wildman–Crippen MR) is 109 cm³/mol. The number of benzene rings is 2. The Morgan fingerprint density at radius 2 is 1.78 bits per heavy atom. The molecule has 0 aliphatic rings. The van der Waals surface area contributed by atoms with Crippen LogP contribution in [0.15, 0.2) is 42.5 Å². The van der Waals surface area contributed by atoms with Crippen LogP contribution in [0.1, 0.15) is 32.7 Å². The van der Waals surface area contributed by atoms with Gasteiger partial charge in [-0.2, -0.15) is 0 Å². The van der Waals surface area contributed by atoms with Gasteiger partial charge in [0, 0.05) is 51.3 Å². The van der Waals surface area contributed by atoms with Crippen LogP contribution in [-0.4, -0.2) is 46.2 Å². The molecular formula is C21H27N3O3. The summed E-state index contributed by atoms with van der Waals surface area (Å²) in [5, 5.41) is 5.77. The van der Waals surface area contributed by atoms with Crippen molar-refractivity contribution in [1.82, 2.24) is 5.32 Å². The van der Waals surface area contributed by atoms with Crippen LogP contribution in [0.25, 0.3) is 0 Å². The molecule has 27 heavy (non-hydrogen) atoms. The van der Waals surface area contributed by atoms with E-state index in [4.69, 9.17) is 4.74 Å². The molecule has 0 unspecified atom stereocenters. The largest absolute Gasteiger partial charge is 0.385 e. The van der Waals surface area contributed by atoms with Gasteiger partial charge in [0.2, 0.25) is 0 Å². The summed E-state index contributed by atoms with van der Waals surface area (Å²) >= 11 is 0. The number of nitrogens with one attached hydrogen (secondary N) is 2. The van der Waals surface area contributed by atoms with Crippen LogP contribution >= 0.6 is 0 Å². The number of carbonyl (C=O) groups is 2. The van der Waals surface area contributed by atoms with Crippen molar-refractivity contribution in [3.63, 3.8) is 0 Å². The fourth-order valence-electron chi connectivity index (χ4n) is 2.73. The lowest BCUT2D eigenvalue weighted by Gasteiger charge is -2.18. The zero-order chi connectivity index (χ0) is 19.8. The van der Waals surface area contributed by atoms with E-state index in [-0.39, 0.29) is 11.8 Å². The highest BCUT2D eigenvalue weighted by Gasteiger charge is 2.15. The molecule has 2 N–H and O–H groups in total. The van der Waals surface area contributed by atoms with Crippen molar-refractivity contribution < 1.29 is 14.3 Å². The molecule has 0 fully saturated rings. The average molecular weight is 369 g/mol. The second-order valence-electron chi connectivity index (χ2n) is 6.50. The molecule has 2 aromatic carbocycles. The lowest BCUT2D eigenvalue weighted by atomic mass is 10.1. The molecule has 6 nitrogen and oxygen atoms in total. The third-order valence-corrected chi connectivity index (χ3v) is 4.18. The first-order valence-electron chi connectivity index (χ1n) is 8.89. The Labute approximate surface area is 160 Å². The van der Waals surface area contributed by atoms with E-state index in [1.807, 2.05) is 50.2 Å². The van der Waals surface area contributed by atoms with Gasteiger partial charge in [0.15, 0.2) is 0 Å².